The van der Waals surface area contributed by atoms with Gasteiger partial charge in [0.2, 0.25) is 0 Å². The number of likely N-dealkylation sites (tertiary alicyclic amines) is 1. The molecular formula is C15H22N2O3. The maximum absolute atomic E-state index is 12.3. The van der Waals surface area contributed by atoms with Crippen LogP contribution < -0.4 is 5.73 Å². The lowest BCUT2D eigenvalue weighted by atomic mass is 10.1. The molecule has 0 aliphatic carbocycles. The van der Waals surface area contributed by atoms with Crippen molar-refractivity contribution in [3.05, 3.63) is 29.8 Å². The van der Waals surface area contributed by atoms with Crippen LogP contribution in [0.15, 0.2) is 24.3 Å². The molecule has 5 heteroatoms. The molecule has 1 saturated heterocycles. The molecule has 20 heavy (non-hydrogen) atoms. The second-order valence-corrected chi connectivity index (χ2v) is 5.10. The van der Waals surface area contributed by atoms with Crippen molar-refractivity contribution in [3.8, 4) is 0 Å². The number of carbonyl (C=O) groups is 1. The maximum atomic E-state index is 12.3. The molecule has 1 aromatic carbocycles. The lowest BCUT2D eigenvalue weighted by molar-refractivity contribution is 0.0515. The summed E-state index contributed by atoms with van der Waals surface area (Å²) in [6.07, 6.45) is 0.987. The van der Waals surface area contributed by atoms with Crippen LogP contribution in [-0.4, -0.2) is 50.8 Å². The van der Waals surface area contributed by atoms with E-state index in [1.54, 1.807) is 25.3 Å². The molecule has 1 aliphatic rings. The summed E-state index contributed by atoms with van der Waals surface area (Å²) in [7, 11) is 1.66. The van der Waals surface area contributed by atoms with Crippen molar-refractivity contribution >= 4 is 11.6 Å². The third kappa shape index (κ3) is 3.95. The molecule has 1 aromatic rings. The second-order valence-electron chi connectivity index (χ2n) is 5.10. The quantitative estimate of drug-likeness (QED) is 0.631. The average molecular weight is 278 g/mol. The number of methoxy groups -OCH3 is 1. The van der Waals surface area contributed by atoms with Crippen molar-refractivity contribution in [1.82, 2.24) is 4.90 Å². The maximum Gasteiger partial charge on any atom is 0.253 e. The molecule has 1 amide bonds. The van der Waals surface area contributed by atoms with Crippen LogP contribution in [0.2, 0.25) is 0 Å². The van der Waals surface area contributed by atoms with Gasteiger partial charge in [-0.15, -0.1) is 0 Å². The molecular weight excluding hydrogens is 256 g/mol. The number of rotatable bonds is 6. The number of nitrogens with zero attached hydrogens (tertiary/aromatic N) is 1. The molecule has 0 radical (unpaired) electrons. The van der Waals surface area contributed by atoms with Gasteiger partial charge in [-0.3, -0.25) is 4.79 Å². The number of hydrogen-bond acceptors (Lipinski definition) is 4. The van der Waals surface area contributed by atoms with E-state index in [1.165, 1.54) is 0 Å². The molecule has 0 saturated carbocycles. The molecule has 1 heterocycles. The molecule has 0 aromatic heterocycles. The standard InChI is InChI=1S/C15H22N2O3/c1-19-7-8-20-11-12-5-6-17(10-12)15(18)13-3-2-4-14(16)9-13/h2-4,9,12H,5-8,10-11,16H2,1H3. The van der Waals surface area contributed by atoms with E-state index in [-0.39, 0.29) is 5.91 Å². The number of nitrogens with two attached hydrogens (primary N) is 1. The van der Waals surface area contributed by atoms with Gasteiger partial charge < -0.3 is 20.1 Å². The molecule has 0 spiro atoms. The van der Waals surface area contributed by atoms with Gasteiger partial charge in [-0.1, -0.05) is 6.07 Å². The van der Waals surface area contributed by atoms with Crippen LogP contribution in [0.1, 0.15) is 16.8 Å². The largest absolute Gasteiger partial charge is 0.399 e. The first-order chi connectivity index (χ1) is 9.70. The van der Waals surface area contributed by atoms with Gasteiger partial charge in [0, 0.05) is 37.4 Å². The predicted octanol–water partition coefficient (Wildman–Crippen LogP) is 1.39. The lowest BCUT2D eigenvalue weighted by Crippen LogP contribution is -2.29. The van der Waals surface area contributed by atoms with E-state index < -0.39 is 0 Å². The first kappa shape index (κ1) is 14.8. The van der Waals surface area contributed by atoms with Crippen LogP contribution in [0.25, 0.3) is 0 Å². The third-order valence-corrected chi connectivity index (χ3v) is 3.49. The van der Waals surface area contributed by atoms with Gasteiger partial charge in [0.15, 0.2) is 0 Å². The lowest BCUT2D eigenvalue weighted by Gasteiger charge is -2.17. The molecule has 2 rings (SSSR count). The van der Waals surface area contributed by atoms with E-state index in [9.17, 15) is 4.79 Å². The Morgan fingerprint density at radius 1 is 1.45 bits per heavy atom. The average Bonchev–Trinajstić information content (AvgIpc) is 2.91. The van der Waals surface area contributed by atoms with Crippen molar-refractivity contribution in [2.75, 3.05) is 45.8 Å². The van der Waals surface area contributed by atoms with Crippen LogP contribution in [-0.2, 0) is 9.47 Å². The Morgan fingerprint density at radius 2 is 2.30 bits per heavy atom. The Morgan fingerprint density at radius 3 is 3.05 bits per heavy atom. The molecule has 1 fully saturated rings. The second kappa shape index (κ2) is 7.26. The zero-order chi connectivity index (χ0) is 14.4. The van der Waals surface area contributed by atoms with Crippen LogP contribution in [0.3, 0.4) is 0 Å². The predicted molar refractivity (Wildman–Crippen MR) is 77.6 cm³/mol. The molecule has 110 valence electrons. The Labute approximate surface area is 119 Å². The number of amides is 1. The van der Waals surface area contributed by atoms with Crippen molar-refractivity contribution in [3.63, 3.8) is 0 Å². The highest BCUT2D eigenvalue weighted by molar-refractivity contribution is 5.95. The van der Waals surface area contributed by atoms with Crippen molar-refractivity contribution in [1.29, 1.82) is 0 Å². The van der Waals surface area contributed by atoms with Gasteiger partial charge in [-0.05, 0) is 24.6 Å². The molecule has 1 atom stereocenters. The Hall–Kier alpha value is -1.59. The van der Waals surface area contributed by atoms with E-state index in [1.807, 2.05) is 11.0 Å². The van der Waals surface area contributed by atoms with Gasteiger partial charge in [0.05, 0.1) is 19.8 Å². The minimum Gasteiger partial charge on any atom is -0.399 e. The summed E-state index contributed by atoms with van der Waals surface area (Å²) in [5, 5.41) is 0. The molecule has 1 unspecified atom stereocenters. The van der Waals surface area contributed by atoms with Crippen molar-refractivity contribution < 1.29 is 14.3 Å². The SMILES string of the molecule is COCCOCC1CCN(C(=O)c2cccc(N)c2)C1. The van der Waals surface area contributed by atoms with E-state index in [4.69, 9.17) is 15.2 Å². The minimum absolute atomic E-state index is 0.0525. The van der Waals surface area contributed by atoms with E-state index in [0.29, 0.717) is 37.0 Å². The van der Waals surface area contributed by atoms with Gasteiger partial charge in [0.25, 0.3) is 5.91 Å². The first-order valence-electron chi connectivity index (χ1n) is 6.92. The first-order valence-corrected chi connectivity index (χ1v) is 6.92. The monoisotopic (exact) mass is 278 g/mol. The molecule has 1 aliphatic heterocycles. The van der Waals surface area contributed by atoms with Crippen LogP contribution in [0.4, 0.5) is 5.69 Å². The summed E-state index contributed by atoms with van der Waals surface area (Å²) in [5.41, 5.74) is 6.99. The zero-order valence-electron chi connectivity index (χ0n) is 11.9. The van der Waals surface area contributed by atoms with Crippen molar-refractivity contribution in [2.24, 2.45) is 5.92 Å². The number of nitrogen functional groups attached to an aromatic ring is 1. The Kier molecular flexibility index (Phi) is 5.38. The Bertz CT molecular complexity index is 450. The molecule has 0 bridgehead atoms. The molecule has 5 nitrogen and oxygen atoms in total. The van der Waals surface area contributed by atoms with E-state index in [2.05, 4.69) is 0 Å². The molecule has 2 N–H and O–H groups in total. The topological polar surface area (TPSA) is 64.8 Å². The number of carbonyl (C=O) groups excluding carboxylic acids is 1. The Balaban J connectivity index is 1.81. The number of anilines is 1. The normalized spacial score (nSPS) is 18.4. The minimum atomic E-state index is 0.0525. The summed E-state index contributed by atoms with van der Waals surface area (Å²) >= 11 is 0. The number of benzene rings is 1. The third-order valence-electron chi connectivity index (χ3n) is 3.49. The zero-order valence-corrected chi connectivity index (χ0v) is 11.9. The fraction of sp³-hybridized carbons (Fsp3) is 0.533. The van der Waals surface area contributed by atoms with Gasteiger partial charge in [0.1, 0.15) is 0 Å². The fourth-order valence-electron chi connectivity index (χ4n) is 2.40. The summed E-state index contributed by atoms with van der Waals surface area (Å²) in [6.45, 7) is 3.44. The van der Waals surface area contributed by atoms with Gasteiger partial charge in [-0.2, -0.15) is 0 Å². The summed E-state index contributed by atoms with van der Waals surface area (Å²) < 4.78 is 10.5. The number of hydrogen-bond donors (Lipinski definition) is 1. The summed E-state index contributed by atoms with van der Waals surface area (Å²) in [6, 6.07) is 7.13. The smallest absolute Gasteiger partial charge is 0.253 e. The highest BCUT2D eigenvalue weighted by Crippen LogP contribution is 2.19. The summed E-state index contributed by atoms with van der Waals surface area (Å²) in [5.74, 6) is 0.466. The van der Waals surface area contributed by atoms with Crippen LogP contribution in [0.5, 0.6) is 0 Å². The fourth-order valence-corrected chi connectivity index (χ4v) is 2.40. The van der Waals surface area contributed by atoms with Crippen molar-refractivity contribution in [2.45, 2.75) is 6.42 Å². The van der Waals surface area contributed by atoms with Crippen LogP contribution >= 0.6 is 0 Å². The number of ether oxygens (including phenoxy) is 2. The van der Waals surface area contributed by atoms with Crippen LogP contribution in [0, 0.1) is 5.92 Å². The highest BCUT2D eigenvalue weighted by atomic mass is 16.5. The summed E-state index contributed by atoms with van der Waals surface area (Å²) in [4.78, 5) is 14.2. The highest BCUT2D eigenvalue weighted by Gasteiger charge is 2.26. The van der Waals surface area contributed by atoms with E-state index in [0.717, 1.165) is 19.5 Å². The van der Waals surface area contributed by atoms with E-state index >= 15 is 0 Å². The van der Waals surface area contributed by atoms with Gasteiger partial charge >= 0.3 is 0 Å². The van der Waals surface area contributed by atoms with Gasteiger partial charge in [-0.25, -0.2) is 0 Å².